The van der Waals surface area contributed by atoms with Crippen molar-refractivity contribution in [1.82, 2.24) is 10.6 Å². The molecule has 2 N–H and O–H groups in total. The van der Waals surface area contributed by atoms with Crippen molar-refractivity contribution in [3.63, 3.8) is 0 Å². The molecule has 0 unspecified atom stereocenters. The lowest BCUT2D eigenvalue weighted by molar-refractivity contribution is -0.123. The number of para-hydroxylation sites is 1. The third-order valence-corrected chi connectivity index (χ3v) is 3.61. The summed E-state index contributed by atoms with van der Waals surface area (Å²) in [7, 11) is 0. The van der Waals surface area contributed by atoms with Gasteiger partial charge in [0.25, 0.3) is 5.91 Å². The van der Waals surface area contributed by atoms with Gasteiger partial charge in [-0.3, -0.25) is 14.9 Å². The van der Waals surface area contributed by atoms with E-state index in [0.29, 0.717) is 25.2 Å². The maximum absolute atomic E-state index is 12.3. The molecule has 0 radical (unpaired) electrons. The Kier molecular flexibility index (Phi) is 6.50. The van der Waals surface area contributed by atoms with Gasteiger partial charge in [-0.15, -0.1) is 0 Å². The molecule has 1 fully saturated rings. The Bertz CT molecular complexity index is 674. The highest BCUT2D eigenvalue weighted by molar-refractivity contribution is 6.04. The van der Waals surface area contributed by atoms with Crippen LogP contribution in [0, 0.1) is 0 Å². The second kappa shape index (κ2) is 8.81. The maximum atomic E-state index is 12.3. The van der Waals surface area contributed by atoms with E-state index in [4.69, 9.17) is 4.74 Å². The molecular formula is C17H21N3O5. The van der Waals surface area contributed by atoms with Crippen LogP contribution >= 0.6 is 0 Å². The monoisotopic (exact) mass is 347 g/mol. The van der Waals surface area contributed by atoms with Crippen molar-refractivity contribution >= 4 is 29.5 Å². The molecule has 0 bridgehead atoms. The Morgan fingerprint density at radius 3 is 2.68 bits per heavy atom. The van der Waals surface area contributed by atoms with Crippen molar-refractivity contribution in [2.75, 3.05) is 24.6 Å². The van der Waals surface area contributed by atoms with Crippen LogP contribution in [-0.2, 0) is 14.3 Å². The van der Waals surface area contributed by atoms with Crippen molar-refractivity contribution < 1.29 is 23.9 Å². The lowest BCUT2D eigenvalue weighted by Gasteiger charge is -2.18. The van der Waals surface area contributed by atoms with Crippen LogP contribution in [-0.4, -0.2) is 43.5 Å². The van der Waals surface area contributed by atoms with E-state index in [2.05, 4.69) is 10.6 Å². The first-order valence-electron chi connectivity index (χ1n) is 8.17. The Balaban J connectivity index is 1.94. The molecule has 1 aromatic carbocycles. The minimum Gasteiger partial charge on any atom is -0.452 e. The standard InChI is InChI=1S/C17H21N3O5/c1-2-9-18-17(24)19-14(21)11-25-16(23)12-6-3-4-7-13(12)20-10-5-8-15(20)22/h3-4,6-7H,2,5,8-11H2,1H3,(H2,18,19,21,24). The van der Waals surface area contributed by atoms with Crippen LogP contribution in [0.3, 0.4) is 0 Å². The van der Waals surface area contributed by atoms with E-state index < -0.39 is 24.5 Å². The third-order valence-electron chi connectivity index (χ3n) is 3.61. The number of ether oxygens (including phenoxy) is 1. The summed E-state index contributed by atoms with van der Waals surface area (Å²) in [6.07, 6.45) is 1.92. The van der Waals surface area contributed by atoms with E-state index in [1.807, 2.05) is 6.92 Å². The summed E-state index contributed by atoms with van der Waals surface area (Å²) in [5.74, 6) is -1.50. The van der Waals surface area contributed by atoms with Crippen LogP contribution in [0.2, 0.25) is 0 Å². The number of amides is 4. The van der Waals surface area contributed by atoms with Crippen LogP contribution < -0.4 is 15.5 Å². The predicted octanol–water partition coefficient (Wildman–Crippen LogP) is 1.21. The van der Waals surface area contributed by atoms with Gasteiger partial charge in [0.1, 0.15) is 0 Å². The number of carbonyl (C=O) groups is 4. The number of nitrogens with one attached hydrogen (secondary N) is 2. The average Bonchev–Trinajstić information content (AvgIpc) is 3.03. The lowest BCUT2D eigenvalue weighted by atomic mass is 10.1. The molecule has 1 aliphatic rings. The van der Waals surface area contributed by atoms with Crippen molar-refractivity contribution in [3.05, 3.63) is 29.8 Å². The fourth-order valence-corrected chi connectivity index (χ4v) is 2.44. The number of benzene rings is 1. The van der Waals surface area contributed by atoms with Gasteiger partial charge in [-0.25, -0.2) is 9.59 Å². The molecule has 0 saturated carbocycles. The zero-order valence-electron chi connectivity index (χ0n) is 14.0. The van der Waals surface area contributed by atoms with E-state index in [0.717, 1.165) is 12.8 Å². The number of esters is 1. The Morgan fingerprint density at radius 2 is 2.00 bits per heavy atom. The van der Waals surface area contributed by atoms with Gasteiger partial charge < -0.3 is 15.0 Å². The summed E-state index contributed by atoms with van der Waals surface area (Å²) in [6.45, 7) is 2.28. The first kappa shape index (κ1) is 18.4. The first-order chi connectivity index (χ1) is 12.0. The van der Waals surface area contributed by atoms with Gasteiger partial charge in [0.2, 0.25) is 5.91 Å². The van der Waals surface area contributed by atoms with Crippen molar-refractivity contribution in [2.45, 2.75) is 26.2 Å². The number of urea groups is 1. The molecule has 25 heavy (non-hydrogen) atoms. The summed E-state index contributed by atoms with van der Waals surface area (Å²) < 4.78 is 4.96. The van der Waals surface area contributed by atoms with E-state index in [1.165, 1.54) is 11.0 Å². The number of nitrogens with zero attached hydrogens (tertiary/aromatic N) is 1. The third kappa shape index (κ3) is 5.03. The smallest absolute Gasteiger partial charge is 0.340 e. The fraction of sp³-hybridized carbons (Fsp3) is 0.412. The zero-order valence-corrected chi connectivity index (χ0v) is 14.0. The Hall–Kier alpha value is -2.90. The van der Waals surface area contributed by atoms with Crippen molar-refractivity contribution in [3.8, 4) is 0 Å². The molecule has 1 saturated heterocycles. The van der Waals surface area contributed by atoms with Gasteiger partial charge in [-0.1, -0.05) is 19.1 Å². The summed E-state index contributed by atoms with van der Waals surface area (Å²) >= 11 is 0. The van der Waals surface area contributed by atoms with Crippen LogP contribution in [0.4, 0.5) is 10.5 Å². The molecule has 1 aliphatic heterocycles. The predicted molar refractivity (Wildman–Crippen MR) is 90.1 cm³/mol. The van der Waals surface area contributed by atoms with Gasteiger partial charge in [0.05, 0.1) is 11.3 Å². The van der Waals surface area contributed by atoms with E-state index in [1.54, 1.807) is 18.2 Å². The van der Waals surface area contributed by atoms with Gasteiger partial charge in [-0.05, 0) is 25.0 Å². The summed E-state index contributed by atoms with van der Waals surface area (Å²) in [5, 5.41) is 4.55. The zero-order chi connectivity index (χ0) is 18.2. The number of rotatable bonds is 6. The van der Waals surface area contributed by atoms with Gasteiger partial charge >= 0.3 is 12.0 Å². The van der Waals surface area contributed by atoms with Crippen molar-refractivity contribution in [1.29, 1.82) is 0 Å². The first-order valence-corrected chi connectivity index (χ1v) is 8.17. The molecule has 8 heteroatoms. The molecule has 1 heterocycles. The van der Waals surface area contributed by atoms with Crippen LogP contribution in [0.5, 0.6) is 0 Å². The minimum absolute atomic E-state index is 0.0504. The van der Waals surface area contributed by atoms with E-state index in [-0.39, 0.29) is 11.5 Å². The SMILES string of the molecule is CCCNC(=O)NC(=O)COC(=O)c1ccccc1N1CCCC1=O. The Morgan fingerprint density at radius 1 is 1.24 bits per heavy atom. The lowest BCUT2D eigenvalue weighted by Crippen LogP contribution is -2.41. The molecule has 0 spiro atoms. The molecule has 0 aliphatic carbocycles. The number of hydrogen-bond acceptors (Lipinski definition) is 5. The number of carbonyl (C=O) groups excluding carboxylic acids is 4. The van der Waals surface area contributed by atoms with Crippen LogP contribution in [0.15, 0.2) is 24.3 Å². The molecule has 0 atom stereocenters. The Labute approximate surface area is 145 Å². The molecule has 134 valence electrons. The second-order valence-electron chi connectivity index (χ2n) is 5.55. The topological polar surface area (TPSA) is 105 Å². The quantitative estimate of drug-likeness (QED) is 0.753. The van der Waals surface area contributed by atoms with Crippen molar-refractivity contribution in [2.24, 2.45) is 0 Å². The normalized spacial score (nSPS) is 13.5. The molecule has 2 rings (SSSR count). The van der Waals surface area contributed by atoms with Gasteiger partial charge in [0.15, 0.2) is 6.61 Å². The number of anilines is 1. The van der Waals surface area contributed by atoms with Gasteiger partial charge in [0, 0.05) is 19.5 Å². The highest BCUT2D eigenvalue weighted by atomic mass is 16.5. The summed E-state index contributed by atoms with van der Waals surface area (Å²) in [4.78, 5) is 48.7. The summed E-state index contributed by atoms with van der Waals surface area (Å²) in [6, 6.07) is 5.94. The molecule has 4 amide bonds. The van der Waals surface area contributed by atoms with Crippen LogP contribution in [0.25, 0.3) is 0 Å². The average molecular weight is 347 g/mol. The molecule has 0 aromatic heterocycles. The number of hydrogen-bond donors (Lipinski definition) is 2. The maximum Gasteiger partial charge on any atom is 0.340 e. The van der Waals surface area contributed by atoms with Gasteiger partial charge in [-0.2, -0.15) is 0 Å². The minimum atomic E-state index is -0.725. The molecular weight excluding hydrogens is 326 g/mol. The number of imide groups is 1. The fourth-order valence-electron chi connectivity index (χ4n) is 2.44. The van der Waals surface area contributed by atoms with E-state index in [9.17, 15) is 19.2 Å². The summed E-state index contributed by atoms with van der Waals surface area (Å²) in [5.41, 5.74) is 0.678. The highest BCUT2D eigenvalue weighted by Crippen LogP contribution is 2.25. The second-order valence-corrected chi connectivity index (χ2v) is 5.55. The largest absolute Gasteiger partial charge is 0.452 e. The highest BCUT2D eigenvalue weighted by Gasteiger charge is 2.26. The van der Waals surface area contributed by atoms with E-state index >= 15 is 0 Å². The molecule has 1 aromatic rings. The van der Waals surface area contributed by atoms with Crippen LogP contribution in [0.1, 0.15) is 36.5 Å². The molecule has 8 nitrogen and oxygen atoms in total.